The number of anilines is 2. The Hall–Kier alpha value is -2.57. The lowest BCUT2D eigenvalue weighted by Crippen LogP contribution is -2.46. The molecule has 0 atom stereocenters. The second-order valence-electron chi connectivity index (χ2n) is 6.64. The number of hydrogen-bond donors (Lipinski definition) is 1. The molecule has 7 heteroatoms. The molecule has 1 aliphatic heterocycles. The highest BCUT2D eigenvalue weighted by molar-refractivity contribution is 7.13. The molecule has 1 amide bonds. The van der Waals surface area contributed by atoms with Gasteiger partial charge in [0, 0.05) is 48.8 Å². The largest absolute Gasteiger partial charge is 0.368 e. The smallest absolute Gasteiger partial charge is 0.271 e. The van der Waals surface area contributed by atoms with Crippen LogP contribution in [0.1, 0.15) is 16.1 Å². The number of hydrogen-bond acceptors (Lipinski definition) is 5. The molecule has 1 N–H and O–H groups in total. The van der Waals surface area contributed by atoms with Crippen LogP contribution in [0.25, 0.3) is 0 Å². The second kappa shape index (κ2) is 8.63. The summed E-state index contributed by atoms with van der Waals surface area (Å²) in [4.78, 5) is 21.5. The number of carbonyl (C=O) groups is 1. The summed E-state index contributed by atoms with van der Waals surface area (Å²) in [7, 11) is 0. The molecule has 1 saturated heterocycles. The quantitative estimate of drug-likeness (QED) is 0.686. The highest BCUT2D eigenvalue weighted by Crippen LogP contribution is 2.25. The van der Waals surface area contributed by atoms with Crippen LogP contribution in [0.5, 0.6) is 0 Å². The number of benzene rings is 2. The summed E-state index contributed by atoms with van der Waals surface area (Å²) >= 11 is 7.62. The van der Waals surface area contributed by atoms with Gasteiger partial charge in [-0.05, 0) is 23.8 Å². The number of carbonyl (C=O) groups excluding carboxylic acids is 1. The number of rotatable bonds is 5. The zero-order valence-electron chi connectivity index (χ0n) is 15.3. The average Bonchev–Trinajstić information content (AvgIpc) is 3.23. The lowest BCUT2D eigenvalue weighted by molar-refractivity contribution is 0.0946. The van der Waals surface area contributed by atoms with Crippen LogP contribution in [0.15, 0.2) is 60.0 Å². The van der Waals surface area contributed by atoms with E-state index in [-0.39, 0.29) is 5.91 Å². The summed E-state index contributed by atoms with van der Waals surface area (Å²) in [5.74, 6) is -0.135. The third kappa shape index (κ3) is 4.46. The molecule has 4 rings (SSSR count). The minimum atomic E-state index is -0.135. The first kappa shape index (κ1) is 18.8. The fraction of sp³-hybridized carbons (Fsp3) is 0.238. The van der Waals surface area contributed by atoms with Crippen molar-refractivity contribution in [1.29, 1.82) is 0 Å². The van der Waals surface area contributed by atoms with E-state index >= 15 is 0 Å². The van der Waals surface area contributed by atoms with Crippen molar-refractivity contribution < 1.29 is 4.79 Å². The van der Waals surface area contributed by atoms with Crippen LogP contribution in [-0.4, -0.2) is 37.1 Å². The molecule has 0 saturated carbocycles. The molecule has 1 aromatic heterocycles. The van der Waals surface area contributed by atoms with Crippen molar-refractivity contribution in [2.75, 3.05) is 36.0 Å². The molecule has 1 aliphatic rings. The minimum absolute atomic E-state index is 0.135. The van der Waals surface area contributed by atoms with Crippen LogP contribution in [0.2, 0.25) is 5.02 Å². The number of halogens is 1. The van der Waals surface area contributed by atoms with Crippen molar-refractivity contribution in [3.05, 3.63) is 76.3 Å². The number of aromatic nitrogens is 1. The van der Waals surface area contributed by atoms with Crippen LogP contribution < -0.4 is 15.1 Å². The predicted molar refractivity (Wildman–Crippen MR) is 116 cm³/mol. The fourth-order valence-corrected chi connectivity index (χ4v) is 4.26. The van der Waals surface area contributed by atoms with Gasteiger partial charge in [0.15, 0.2) is 5.13 Å². The van der Waals surface area contributed by atoms with Gasteiger partial charge < -0.3 is 15.1 Å². The van der Waals surface area contributed by atoms with Gasteiger partial charge in [0.2, 0.25) is 0 Å². The van der Waals surface area contributed by atoms with Crippen molar-refractivity contribution >= 4 is 39.7 Å². The molecule has 0 spiro atoms. The first-order chi connectivity index (χ1) is 13.7. The van der Waals surface area contributed by atoms with Gasteiger partial charge in [-0.2, -0.15) is 0 Å². The molecule has 0 bridgehead atoms. The van der Waals surface area contributed by atoms with Gasteiger partial charge in [0.05, 0.1) is 0 Å². The summed E-state index contributed by atoms with van der Waals surface area (Å²) in [6.45, 7) is 4.03. The standard InChI is InChI=1S/C21H21ClN4OS/c22-17-7-4-8-18(13-17)25-9-11-26(12-10-25)21-24-19(15-28-21)20(27)23-14-16-5-2-1-3-6-16/h1-8,13,15H,9-12,14H2,(H,23,27). The Labute approximate surface area is 173 Å². The summed E-state index contributed by atoms with van der Waals surface area (Å²) in [5, 5.41) is 6.42. The van der Waals surface area contributed by atoms with E-state index in [9.17, 15) is 4.79 Å². The number of piperazine rings is 1. The van der Waals surface area contributed by atoms with Crippen LogP contribution in [-0.2, 0) is 6.54 Å². The van der Waals surface area contributed by atoms with Gasteiger partial charge in [0.1, 0.15) is 5.69 Å². The molecule has 2 aromatic carbocycles. The van der Waals surface area contributed by atoms with Crippen molar-refractivity contribution in [2.24, 2.45) is 0 Å². The Bertz CT molecular complexity index is 938. The van der Waals surface area contributed by atoms with Gasteiger partial charge in [-0.25, -0.2) is 4.98 Å². The average molecular weight is 413 g/mol. The predicted octanol–water partition coefficient (Wildman–Crippen LogP) is 4.05. The summed E-state index contributed by atoms with van der Waals surface area (Å²) in [6.07, 6.45) is 0. The van der Waals surface area contributed by atoms with Crippen molar-refractivity contribution in [3.63, 3.8) is 0 Å². The van der Waals surface area contributed by atoms with Crippen molar-refractivity contribution in [1.82, 2.24) is 10.3 Å². The van der Waals surface area contributed by atoms with Crippen LogP contribution in [0.4, 0.5) is 10.8 Å². The number of amides is 1. The molecule has 3 aromatic rings. The lowest BCUT2D eigenvalue weighted by atomic mass is 10.2. The molecule has 144 valence electrons. The Morgan fingerprint density at radius 2 is 1.79 bits per heavy atom. The molecular formula is C21H21ClN4OS. The molecular weight excluding hydrogens is 392 g/mol. The molecule has 1 fully saturated rings. The lowest BCUT2D eigenvalue weighted by Gasteiger charge is -2.36. The topological polar surface area (TPSA) is 48.5 Å². The van der Waals surface area contributed by atoms with E-state index in [0.29, 0.717) is 12.2 Å². The monoisotopic (exact) mass is 412 g/mol. The fourth-order valence-electron chi connectivity index (χ4n) is 3.21. The van der Waals surface area contributed by atoms with Gasteiger partial charge >= 0.3 is 0 Å². The van der Waals surface area contributed by atoms with Gasteiger partial charge in [-0.3, -0.25) is 4.79 Å². The number of nitrogens with one attached hydrogen (secondary N) is 1. The van der Waals surface area contributed by atoms with E-state index in [1.54, 1.807) is 0 Å². The van der Waals surface area contributed by atoms with Gasteiger partial charge in [0.25, 0.3) is 5.91 Å². The highest BCUT2D eigenvalue weighted by atomic mass is 35.5. The van der Waals surface area contributed by atoms with Crippen molar-refractivity contribution in [2.45, 2.75) is 6.54 Å². The van der Waals surface area contributed by atoms with Gasteiger partial charge in [-0.15, -0.1) is 11.3 Å². The molecule has 0 unspecified atom stereocenters. The van der Waals surface area contributed by atoms with E-state index < -0.39 is 0 Å². The minimum Gasteiger partial charge on any atom is -0.368 e. The molecule has 28 heavy (non-hydrogen) atoms. The normalized spacial score (nSPS) is 14.2. The van der Waals surface area contributed by atoms with E-state index in [1.807, 2.05) is 53.9 Å². The third-order valence-corrected chi connectivity index (χ3v) is 5.88. The Kier molecular flexibility index (Phi) is 5.78. The van der Waals surface area contributed by atoms with E-state index in [0.717, 1.165) is 47.6 Å². The Morgan fingerprint density at radius 3 is 2.54 bits per heavy atom. The third-order valence-electron chi connectivity index (χ3n) is 4.74. The summed E-state index contributed by atoms with van der Waals surface area (Å²) in [6, 6.07) is 17.8. The molecule has 2 heterocycles. The molecule has 0 aliphatic carbocycles. The first-order valence-electron chi connectivity index (χ1n) is 9.22. The van der Waals surface area contributed by atoms with Crippen LogP contribution in [0.3, 0.4) is 0 Å². The maximum Gasteiger partial charge on any atom is 0.271 e. The van der Waals surface area contributed by atoms with E-state index in [1.165, 1.54) is 11.3 Å². The van der Waals surface area contributed by atoms with Crippen LogP contribution >= 0.6 is 22.9 Å². The number of nitrogens with zero attached hydrogens (tertiary/aromatic N) is 3. The molecule has 5 nitrogen and oxygen atoms in total. The maximum absolute atomic E-state index is 12.4. The first-order valence-corrected chi connectivity index (χ1v) is 10.5. The highest BCUT2D eigenvalue weighted by Gasteiger charge is 2.21. The SMILES string of the molecule is O=C(NCc1ccccc1)c1csc(N2CCN(c3cccc(Cl)c3)CC2)n1. The van der Waals surface area contributed by atoms with Crippen LogP contribution in [0, 0.1) is 0 Å². The van der Waals surface area contributed by atoms with E-state index in [4.69, 9.17) is 11.6 Å². The van der Waals surface area contributed by atoms with E-state index in [2.05, 4.69) is 26.2 Å². The summed E-state index contributed by atoms with van der Waals surface area (Å²) < 4.78 is 0. The summed E-state index contributed by atoms with van der Waals surface area (Å²) in [5.41, 5.74) is 2.70. The second-order valence-corrected chi connectivity index (χ2v) is 7.91. The molecule has 0 radical (unpaired) electrons. The maximum atomic E-state index is 12.4. The van der Waals surface area contributed by atoms with Gasteiger partial charge in [-0.1, -0.05) is 48.0 Å². The van der Waals surface area contributed by atoms with Crippen molar-refractivity contribution in [3.8, 4) is 0 Å². The Balaban J connectivity index is 1.33. The Morgan fingerprint density at radius 1 is 1.04 bits per heavy atom. The zero-order valence-corrected chi connectivity index (χ0v) is 16.9. The number of thiazole rings is 1. The zero-order chi connectivity index (χ0) is 19.3.